The van der Waals surface area contributed by atoms with Crippen LogP contribution in [0.15, 0.2) is 60.9 Å². The number of hydrogen-bond donors (Lipinski definition) is 4. The van der Waals surface area contributed by atoms with Gasteiger partial charge in [-0.1, -0.05) is 17.4 Å². The summed E-state index contributed by atoms with van der Waals surface area (Å²) in [6.45, 7) is 2.36. The minimum absolute atomic E-state index is 0.00679. The molecule has 2 aromatic carbocycles. The van der Waals surface area contributed by atoms with Crippen LogP contribution in [0.25, 0.3) is 34.2 Å². The number of hydrogen-bond acceptors (Lipinski definition) is 11. The summed E-state index contributed by atoms with van der Waals surface area (Å²) in [7, 11) is 2.76. The van der Waals surface area contributed by atoms with Gasteiger partial charge in [0.25, 0.3) is 0 Å². The van der Waals surface area contributed by atoms with Crippen LogP contribution in [0.5, 0.6) is 11.5 Å². The van der Waals surface area contributed by atoms with E-state index in [0.717, 1.165) is 0 Å². The normalized spacial score (nSPS) is 11.7. The van der Waals surface area contributed by atoms with Gasteiger partial charge in [0, 0.05) is 12.1 Å². The van der Waals surface area contributed by atoms with Crippen molar-refractivity contribution in [1.82, 2.24) is 40.3 Å². The maximum Gasteiger partial charge on any atom is 0.339 e. The molecule has 0 fully saturated rings. The second kappa shape index (κ2) is 12.1. The first kappa shape index (κ1) is 28.8. The SMILES string of the molecule is CCNC(O)c1cc(-c2cn(-c3ccc(C(=O)O)c(OC)c3)nn2)nc(-c2cn(-c3ccc(C(=O)O)c(OC)c3)nn2)c1. The Balaban J connectivity index is 1.53. The van der Waals surface area contributed by atoms with Gasteiger partial charge < -0.3 is 24.8 Å². The van der Waals surface area contributed by atoms with E-state index in [-0.39, 0.29) is 22.6 Å². The fourth-order valence-corrected chi connectivity index (χ4v) is 4.30. The number of rotatable bonds is 11. The van der Waals surface area contributed by atoms with Crippen LogP contribution in [0.4, 0.5) is 0 Å². The van der Waals surface area contributed by atoms with Crippen molar-refractivity contribution >= 4 is 11.9 Å². The number of nitrogens with zero attached hydrogens (tertiary/aromatic N) is 7. The van der Waals surface area contributed by atoms with Crippen LogP contribution in [-0.4, -0.2) is 83.0 Å². The number of pyridine rings is 1. The molecule has 0 aliphatic heterocycles. The second-order valence-electron chi connectivity index (χ2n) is 9.11. The fourth-order valence-electron chi connectivity index (χ4n) is 4.30. The van der Waals surface area contributed by atoms with Crippen LogP contribution in [0.2, 0.25) is 0 Å². The number of aromatic nitrogens is 7. The van der Waals surface area contributed by atoms with Crippen molar-refractivity contribution < 1.29 is 34.4 Å². The van der Waals surface area contributed by atoms with Crippen LogP contribution >= 0.6 is 0 Å². The smallest absolute Gasteiger partial charge is 0.339 e. The lowest BCUT2D eigenvalue weighted by Gasteiger charge is -2.13. The first-order valence-corrected chi connectivity index (χ1v) is 12.8. The van der Waals surface area contributed by atoms with Gasteiger partial charge in [0.05, 0.1) is 49.4 Å². The number of aliphatic hydroxyl groups is 1. The molecule has 0 aliphatic rings. The molecule has 1 atom stereocenters. The number of nitrogens with one attached hydrogen (secondary N) is 1. The molecule has 0 saturated carbocycles. The van der Waals surface area contributed by atoms with Gasteiger partial charge in [-0.05, 0) is 48.5 Å². The van der Waals surface area contributed by atoms with Crippen LogP contribution < -0.4 is 14.8 Å². The third-order valence-electron chi connectivity index (χ3n) is 6.43. The molecule has 4 N–H and O–H groups in total. The summed E-state index contributed by atoms with van der Waals surface area (Å²) < 4.78 is 13.3. The maximum absolute atomic E-state index is 11.5. The van der Waals surface area contributed by atoms with E-state index < -0.39 is 18.2 Å². The third-order valence-corrected chi connectivity index (χ3v) is 6.43. The van der Waals surface area contributed by atoms with E-state index in [4.69, 9.17) is 14.5 Å². The molecule has 220 valence electrons. The molecule has 15 heteroatoms. The molecule has 5 rings (SSSR count). The number of carboxylic acid groups (broad SMARTS) is 2. The van der Waals surface area contributed by atoms with Crippen molar-refractivity contribution in [1.29, 1.82) is 0 Å². The van der Waals surface area contributed by atoms with Crippen LogP contribution in [0.1, 0.15) is 39.4 Å². The van der Waals surface area contributed by atoms with Gasteiger partial charge in [-0.3, -0.25) is 5.32 Å². The van der Waals surface area contributed by atoms with E-state index in [1.165, 1.54) is 47.8 Å². The molecule has 15 nitrogen and oxygen atoms in total. The lowest BCUT2D eigenvalue weighted by atomic mass is 10.1. The fraction of sp³-hybridized carbons (Fsp3) is 0.179. The zero-order chi connectivity index (χ0) is 30.7. The highest BCUT2D eigenvalue weighted by atomic mass is 16.5. The molecule has 1 unspecified atom stereocenters. The zero-order valence-corrected chi connectivity index (χ0v) is 23.2. The Morgan fingerprint density at radius 2 is 1.26 bits per heavy atom. The quantitative estimate of drug-likeness (QED) is 0.165. The van der Waals surface area contributed by atoms with E-state index in [1.54, 1.807) is 36.7 Å². The second-order valence-corrected chi connectivity index (χ2v) is 9.11. The van der Waals surface area contributed by atoms with Gasteiger partial charge in [0.2, 0.25) is 0 Å². The van der Waals surface area contributed by atoms with Gasteiger partial charge in [-0.25, -0.2) is 23.9 Å². The molecule has 0 spiro atoms. The number of methoxy groups -OCH3 is 2. The minimum atomic E-state index is -1.12. The first-order valence-electron chi connectivity index (χ1n) is 12.8. The minimum Gasteiger partial charge on any atom is -0.496 e. The molecule has 0 aliphatic carbocycles. The number of aromatic carboxylic acids is 2. The highest BCUT2D eigenvalue weighted by molar-refractivity contribution is 5.91. The molecule has 5 aromatic rings. The van der Waals surface area contributed by atoms with Gasteiger partial charge >= 0.3 is 11.9 Å². The van der Waals surface area contributed by atoms with Crippen molar-refractivity contribution in [2.75, 3.05) is 20.8 Å². The summed E-state index contributed by atoms with van der Waals surface area (Å²) in [6, 6.07) is 12.4. The molecule has 43 heavy (non-hydrogen) atoms. The third kappa shape index (κ3) is 5.88. The Kier molecular flexibility index (Phi) is 8.09. The Morgan fingerprint density at radius 3 is 1.65 bits per heavy atom. The summed E-state index contributed by atoms with van der Waals surface area (Å²) in [5, 5.41) is 49.3. The molecular weight excluding hydrogens is 560 g/mol. The molecule has 3 aromatic heterocycles. The van der Waals surface area contributed by atoms with E-state index in [0.29, 0.717) is 46.3 Å². The topological polar surface area (TPSA) is 200 Å². The lowest BCUT2D eigenvalue weighted by Crippen LogP contribution is -2.20. The van der Waals surface area contributed by atoms with Crippen LogP contribution in [0, 0.1) is 0 Å². The van der Waals surface area contributed by atoms with Crippen LogP contribution in [-0.2, 0) is 0 Å². The Bertz CT molecular complexity index is 1690. The molecule has 0 saturated heterocycles. The lowest BCUT2D eigenvalue weighted by molar-refractivity contribution is 0.0682. The summed E-state index contributed by atoms with van der Waals surface area (Å²) in [5.74, 6) is -1.92. The predicted molar refractivity (Wildman–Crippen MR) is 151 cm³/mol. The van der Waals surface area contributed by atoms with Gasteiger partial charge in [0.15, 0.2) is 0 Å². The average molecular weight is 587 g/mol. The highest BCUT2D eigenvalue weighted by Crippen LogP contribution is 2.28. The summed E-state index contributed by atoms with van der Waals surface area (Å²) >= 11 is 0. The van der Waals surface area contributed by atoms with E-state index >= 15 is 0 Å². The number of carboxylic acids is 2. The summed E-state index contributed by atoms with van der Waals surface area (Å²) in [5.41, 5.74) is 3.03. The predicted octanol–water partition coefficient (Wildman–Crippen LogP) is 2.59. The van der Waals surface area contributed by atoms with Gasteiger partial charge in [0.1, 0.15) is 40.2 Å². The van der Waals surface area contributed by atoms with Crippen molar-refractivity contribution in [2.24, 2.45) is 0 Å². The van der Waals surface area contributed by atoms with Gasteiger partial charge in [-0.2, -0.15) is 0 Å². The monoisotopic (exact) mass is 586 g/mol. The number of benzene rings is 2. The van der Waals surface area contributed by atoms with Crippen molar-refractivity contribution in [3.05, 3.63) is 77.6 Å². The largest absolute Gasteiger partial charge is 0.496 e. The van der Waals surface area contributed by atoms with Gasteiger partial charge in [-0.15, -0.1) is 10.2 Å². The molecule has 0 radical (unpaired) electrons. The maximum atomic E-state index is 11.5. The van der Waals surface area contributed by atoms with E-state index in [2.05, 4.69) is 25.9 Å². The average Bonchev–Trinajstić information content (AvgIpc) is 3.71. The van der Waals surface area contributed by atoms with Crippen LogP contribution in [0.3, 0.4) is 0 Å². The number of aliphatic hydroxyl groups excluding tert-OH is 1. The van der Waals surface area contributed by atoms with Crippen molar-refractivity contribution in [2.45, 2.75) is 13.2 Å². The molecular formula is C28H26N8O7. The Morgan fingerprint density at radius 1 is 0.791 bits per heavy atom. The zero-order valence-electron chi connectivity index (χ0n) is 23.2. The van der Waals surface area contributed by atoms with Crippen molar-refractivity contribution in [3.8, 4) is 45.6 Å². The summed E-state index contributed by atoms with van der Waals surface area (Å²) in [4.78, 5) is 27.6. The standard InChI is InChI=1S/C28H26N8O7/c1-4-29-26(37)15-9-20(22-13-35(33-31-22)16-5-7-18(27(38)39)24(11-16)42-2)30-21(10-15)23-14-36(34-32-23)17-6-8-19(28(40)41)25(12-17)43-3/h5-14,26,29,37H,4H2,1-3H3,(H,38,39)(H,40,41). The number of carbonyl (C=O) groups is 2. The Labute approximate surface area is 244 Å². The highest BCUT2D eigenvalue weighted by Gasteiger charge is 2.19. The van der Waals surface area contributed by atoms with Crippen molar-refractivity contribution in [3.63, 3.8) is 0 Å². The van der Waals surface area contributed by atoms with E-state index in [9.17, 15) is 24.9 Å². The molecule has 0 amide bonds. The number of ether oxygens (including phenoxy) is 2. The van der Waals surface area contributed by atoms with E-state index in [1.807, 2.05) is 6.92 Å². The summed E-state index contributed by atoms with van der Waals surface area (Å²) in [6.07, 6.45) is 2.20. The molecule has 0 bridgehead atoms. The first-order chi connectivity index (χ1) is 20.7. The Hall–Kier alpha value is -5.67. The molecule has 3 heterocycles.